The zero-order chi connectivity index (χ0) is 14.4. The van der Waals surface area contributed by atoms with Gasteiger partial charge in [-0.25, -0.2) is 4.79 Å². The smallest absolute Gasteiger partial charge is 0.328 e. The highest BCUT2D eigenvalue weighted by atomic mass is 16.4. The third-order valence-electron chi connectivity index (χ3n) is 3.23. The monoisotopic (exact) mass is 274 g/mol. The number of aliphatic carboxylic acids is 1. The Morgan fingerprint density at radius 1 is 1.05 bits per heavy atom. The molecule has 1 amide bonds. The minimum Gasteiger partial charge on any atom is -0.478 e. The number of benzene rings is 1. The molecule has 1 fully saturated rings. The highest BCUT2D eigenvalue weighted by Crippen LogP contribution is 2.21. The molecule has 1 heterocycles. The molecule has 0 radical (unpaired) electrons. The minimum atomic E-state index is -1.14. The Labute approximate surface area is 117 Å². The van der Waals surface area contributed by atoms with Crippen LogP contribution in [-0.2, 0) is 9.59 Å². The van der Waals surface area contributed by atoms with Gasteiger partial charge in [0.15, 0.2) is 0 Å². The second-order valence-corrected chi connectivity index (χ2v) is 4.76. The van der Waals surface area contributed by atoms with Crippen LogP contribution < -0.4 is 10.2 Å². The number of hydrogen-bond donors (Lipinski definition) is 2. The molecular formula is C15H18N2O3. The molecule has 0 unspecified atom stereocenters. The molecule has 0 atom stereocenters. The maximum atomic E-state index is 11.4. The largest absolute Gasteiger partial charge is 0.478 e. The van der Waals surface area contributed by atoms with Crippen LogP contribution in [-0.4, -0.2) is 30.1 Å². The van der Waals surface area contributed by atoms with Crippen LogP contribution in [0, 0.1) is 0 Å². The van der Waals surface area contributed by atoms with Gasteiger partial charge in [0.25, 0.3) is 0 Å². The van der Waals surface area contributed by atoms with Crippen LogP contribution in [0.2, 0.25) is 0 Å². The van der Waals surface area contributed by atoms with E-state index in [1.807, 2.05) is 24.3 Å². The first kappa shape index (κ1) is 14.1. The molecule has 2 rings (SSSR count). The lowest BCUT2D eigenvalue weighted by atomic mass is 10.1. The molecule has 1 aliphatic heterocycles. The Morgan fingerprint density at radius 2 is 1.70 bits per heavy atom. The predicted octanol–water partition coefficient (Wildman–Crippen LogP) is 2.26. The Kier molecular flexibility index (Phi) is 4.76. The Morgan fingerprint density at radius 3 is 2.30 bits per heavy atom. The van der Waals surface area contributed by atoms with Gasteiger partial charge in [0, 0.05) is 36.6 Å². The fourth-order valence-electron chi connectivity index (χ4n) is 2.24. The highest BCUT2D eigenvalue weighted by molar-refractivity contribution is 6.02. The van der Waals surface area contributed by atoms with Crippen molar-refractivity contribution >= 4 is 23.3 Å². The van der Waals surface area contributed by atoms with E-state index in [0.29, 0.717) is 5.69 Å². The van der Waals surface area contributed by atoms with Gasteiger partial charge in [-0.1, -0.05) is 0 Å². The summed E-state index contributed by atoms with van der Waals surface area (Å²) in [5.41, 5.74) is 1.81. The van der Waals surface area contributed by atoms with Crippen LogP contribution in [0.5, 0.6) is 0 Å². The van der Waals surface area contributed by atoms with Gasteiger partial charge in [0.05, 0.1) is 0 Å². The van der Waals surface area contributed by atoms with Crippen molar-refractivity contribution in [3.63, 3.8) is 0 Å². The number of hydrogen-bond acceptors (Lipinski definition) is 3. The quantitative estimate of drug-likeness (QED) is 0.826. The number of carbonyl (C=O) groups is 2. The second kappa shape index (κ2) is 6.75. The number of anilines is 2. The van der Waals surface area contributed by atoms with Crippen LogP contribution in [0.4, 0.5) is 11.4 Å². The van der Waals surface area contributed by atoms with Crippen molar-refractivity contribution in [1.29, 1.82) is 0 Å². The standard InChI is InChI=1S/C15H18N2O3/c18-14(8-9-15(19)20)16-12-4-6-13(7-5-12)17-10-2-1-3-11-17/h4-9H,1-3,10-11H2,(H,16,18)(H,19,20)/b9-8+. The van der Waals surface area contributed by atoms with Crippen molar-refractivity contribution in [2.24, 2.45) is 0 Å². The molecule has 1 aliphatic rings. The number of rotatable bonds is 4. The summed E-state index contributed by atoms with van der Waals surface area (Å²) in [6.45, 7) is 2.15. The third kappa shape index (κ3) is 4.12. The van der Waals surface area contributed by atoms with Gasteiger partial charge in [0.2, 0.25) is 5.91 Å². The van der Waals surface area contributed by atoms with Crippen molar-refractivity contribution in [3.05, 3.63) is 36.4 Å². The lowest BCUT2D eigenvalue weighted by Gasteiger charge is -2.28. The van der Waals surface area contributed by atoms with Gasteiger partial charge in [-0.15, -0.1) is 0 Å². The van der Waals surface area contributed by atoms with Crippen LogP contribution in [0.3, 0.4) is 0 Å². The number of carboxylic acids is 1. The summed E-state index contributed by atoms with van der Waals surface area (Å²) in [6, 6.07) is 7.61. The molecule has 1 aromatic rings. The maximum Gasteiger partial charge on any atom is 0.328 e. The molecule has 0 bridgehead atoms. The molecule has 0 saturated carbocycles. The Hall–Kier alpha value is -2.30. The molecule has 1 aromatic carbocycles. The fourth-order valence-corrected chi connectivity index (χ4v) is 2.24. The summed E-state index contributed by atoms with van der Waals surface area (Å²) < 4.78 is 0. The van der Waals surface area contributed by atoms with Gasteiger partial charge in [-0.3, -0.25) is 4.79 Å². The molecule has 5 heteroatoms. The van der Waals surface area contributed by atoms with Gasteiger partial charge in [-0.05, 0) is 43.5 Å². The van der Waals surface area contributed by atoms with E-state index in [4.69, 9.17) is 5.11 Å². The van der Waals surface area contributed by atoms with Gasteiger partial charge < -0.3 is 15.3 Å². The van der Waals surface area contributed by atoms with E-state index >= 15 is 0 Å². The van der Waals surface area contributed by atoms with Crippen molar-refractivity contribution in [3.8, 4) is 0 Å². The van der Waals surface area contributed by atoms with Crippen molar-refractivity contribution in [2.45, 2.75) is 19.3 Å². The van der Waals surface area contributed by atoms with E-state index in [-0.39, 0.29) is 0 Å². The molecule has 0 aromatic heterocycles. The Bertz CT molecular complexity index is 502. The number of nitrogens with one attached hydrogen (secondary N) is 1. The number of carboxylic acid groups (broad SMARTS) is 1. The summed E-state index contributed by atoms with van der Waals surface area (Å²) >= 11 is 0. The van der Waals surface area contributed by atoms with E-state index in [2.05, 4.69) is 10.2 Å². The van der Waals surface area contributed by atoms with Gasteiger partial charge in [-0.2, -0.15) is 0 Å². The Balaban J connectivity index is 1.94. The average molecular weight is 274 g/mol. The number of amides is 1. The SMILES string of the molecule is O=C(O)/C=C/C(=O)Nc1ccc(N2CCCCC2)cc1. The van der Waals surface area contributed by atoms with Gasteiger partial charge in [0.1, 0.15) is 0 Å². The second-order valence-electron chi connectivity index (χ2n) is 4.76. The highest BCUT2D eigenvalue weighted by Gasteiger charge is 2.10. The minimum absolute atomic E-state index is 0.446. The van der Waals surface area contributed by atoms with Crippen LogP contribution >= 0.6 is 0 Å². The van der Waals surface area contributed by atoms with Crippen LogP contribution in [0.25, 0.3) is 0 Å². The number of carbonyl (C=O) groups excluding carboxylic acids is 1. The first-order valence-electron chi connectivity index (χ1n) is 6.72. The summed E-state index contributed by atoms with van der Waals surface area (Å²) in [4.78, 5) is 24.1. The zero-order valence-electron chi connectivity index (χ0n) is 11.2. The number of nitrogens with zero attached hydrogens (tertiary/aromatic N) is 1. The van der Waals surface area contributed by atoms with E-state index in [1.165, 1.54) is 19.3 Å². The molecule has 0 spiro atoms. The van der Waals surface area contributed by atoms with Crippen LogP contribution in [0.1, 0.15) is 19.3 Å². The van der Waals surface area contributed by atoms with Crippen molar-refractivity contribution in [2.75, 3.05) is 23.3 Å². The summed E-state index contributed by atoms with van der Waals surface area (Å²) in [5, 5.41) is 11.1. The van der Waals surface area contributed by atoms with Crippen LogP contribution in [0.15, 0.2) is 36.4 Å². The summed E-state index contributed by atoms with van der Waals surface area (Å²) in [5.74, 6) is -1.58. The van der Waals surface area contributed by atoms with Crippen molar-refractivity contribution in [1.82, 2.24) is 0 Å². The molecule has 5 nitrogen and oxygen atoms in total. The number of piperidine rings is 1. The van der Waals surface area contributed by atoms with E-state index in [1.54, 1.807) is 0 Å². The molecule has 2 N–H and O–H groups in total. The maximum absolute atomic E-state index is 11.4. The predicted molar refractivity (Wildman–Crippen MR) is 77.9 cm³/mol. The lowest BCUT2D eigenvalue weighted by Crippen LogP contribution is -2.29. The fraction of sp³-hybridized carbons (Fsp3) is 0.333. The third-order valence-corrected chi connectivity index (χ3v) is 3.23. The normalized spacial score (nSPS) is 15.3. The average Bonchev–Trinajstić information content (AvgIpc) is 2.47. The molecule has 20 heavy (non-hydrogen) atoms. The molecule has 1 saturated heterocycles. The van der Waals surface area contributed by atoms with Gasteiger partial charge >= 0.3 is 5.97 Å². The zero-order valence-corrected chi connectivity index (χ0v) is 11.2. The first-order chi connectivity index (χ1) is 9.65. The molecular weight excluding hydrogens is 256 g/mol. The lowest BCUT2D eigenvalue weighted by molar-refractivity contribution is -0.131. The first-order valence-corrected chi connectivity index (χ1v) is 6.72. The van der Waals surface area contributed by atoms with E-state index in [0.717, 1.165) is 30.9 Å². The van der Waals surface area contributed by atoms with E-state index in [9.17, 15) is 9.59 Å². The van der Waals surface area contributed by atoms with E-state index < -0.39 is 11.9 Å². The van der Waals surface area contributed by atoms with Crippen molar-refractivity contribution < 1.29 is 14.7 Å². The summed E-state index contributed by atoms with van der Waals surface area (Å²) in [6.07, 6.45) is 5.55. The topological polar surface area (TPSA) is 69.6 Å². The molecule has 106 valence electrons. The molecule has 0 aliphatic carbocycles. The summed E-state index contributed by atoms with van der Waals surface area (Å²) in [7, 11) is 0.